The van der Waals surface area contributed by atoms with Crippen molar-refractivity contribution in [3.8, 4) is 27.9 Å². The average molecular weight is 753 g/mol. The zero-order valence-corrected chi connectivity index (χ0v) is 32.1. The number of furan rings is 1. The van der Waals surface area contributed by atoms with Crippen LogP contribution in [0.25, 0.3) is 93.2 Å². The van der Waals surface area contributed by atoms with Crippen LogP contribution >= 0.6 is 0 Å². The Morgan fingerprint density at radius 1 is 0.339 bits per heavy atom. The van der Waals surface area contributed by atoms with E-state index in [-0.39, 0.29) is 0 Å². The Hall–Kier alpha value is -7.88. The van der Waals surface area contributed by atoms with Crippen molar-refractivity contribution in [2.45, 2.75) is 0 Å². The van der Waals surface area contributed by atoms with Crippen molar-refractivity contribution in [2.75, 3.05) is 4.90 Å². The zero-order valence-electron chi connectivity index (χ0n) is 32.1. The summed E-state index contributed by atoms with van der Waals surface area (Å²) in [6.07, 6.45) is 0. The number of rotatable bonds is 6. The third-order valence-electron chi connectivity index (χ3n) is 11.9. The highest BCUT2D eigenvalue weighted by molar-refractivity contribution is 6.17. The van der Waals surface area contributed by atoms with Gasteiger partial charge >= 0.3 is 0 Å². The molecule has 0 bridgehead atoms. The van der Waals surface area contributed by atoms with Crippen LogP contribution in [-0.4, -0.2) is 4.57 Å². The quantitative estimate of drug-likeness (QED) is 0.169. The van der Waals surface area contributed by atoms with Gasteiger partial charge in [0.15, 0.2) is 0 Å². The molecule has 3 heteroatoms. The van der Waals surface area contributed by atoms with Crippen LogP contribution in [0.15, 0.2) is 223 Å². The SMILES string of the molecule is c1ccc(-c2cccc(-n3c4ccccc4c4c(N(c5ccc6ccc(-c7ccccc7)cc6c5)c5ccc6cc7oc8ccccc8c7cc6c5)cccc43)c2)cc1. The van der Waals surface area contributed by atoms with E-state index in [1.54, 1.807) is 0 Å². The number of fused-ring (bicyclic) bond motifs is 8. The molecule has 276 valence electrons. The number of hydrogen-bond donors (Lipinski definition) is 0. The minimum absolute atomic E-state index is 0.904. The van der Waals surface area contributed by atoms with Gasteiger partial charge in [0.05, 0.1) is 16.7 Å². The maximum Gasteiger partial charge on any atom is 0.136 e. The van der Waals surface area contributed by atoms with E-state index in [2.05, 4.69) is 216 Å². The highest BCUT2D eigenvalue weighted by Crippen LogP contribution is 2.46. The Labute approximate surface area is 341 Å². The van der Waals surface area contributed by atoms with Crippen molar-refractivity contribution in [2.24, 2.45) is 0 Å². The second-order valence-corrected chi connectivity index (χ2v) is 15.4. The van der Waals surface area contributed by atoms with Crippen LogP contribution in [0.4, 0.5) is 17.1 Å². The van der Waals surface area contributed by atoms with Crippen LogP contribution < -0.4 is 4.90 Å². The van der Waals surface area contributed by atoms with Crippen molar-refractivity contribution >= 4 is 82.4 Å². The Balaban J connectivity index is 1.11. The molecule has 0 spiro atoms. The molecule has 0 saturated heterocycles. The van der Waals surface area contributed by atoms with Crippen molar-refractivity contribution in [3.05, 3.63) is 218 Å². The Bertz CT molecular complexity index is 3560. The fourth-order valence-electron chi connectivity index (χ4n) is 9.13. The number of nitrogens with zero attached hydrogens (tertiary/aromatic N) is 2. The Morgan fingerprint density at radius 3 is 1.75 bits per heavy atom. The second kappa shape index (κ2) is 13.4. The lowest BCUT2D eigenvalue weighted by Gasteiger charge is -2.27. The molecule has 59 heavy (non-hydrogen) atoms. The van der Waals surface area contributed by atoms with E-state index in [9.17, 15) is 0 Å². The van der Waals surface area contributed by atoms with Gasteiger partial charge in [0.2, 0.25) is 0 Å². The minimum atomic E-state index is 0.904. The number of benzene rings is 10. The summed E-state index contributed by atoms with van der Waals surface area (Å²) in [5.74, 6) is 0. The molecule has 0 aliphatic heterocycles. The molecule has 0 N–H and O–H groups in total. The molecule has 0 unspecified atom stereocenters. The summed E-state index contributed by atoms with van der Waals surface area (Å²) in [6.45, 7) is 0. The van der Waals surface area contributed by atoms with E-state index < -0.39 is 0 Å². The monoisotopic (exact) mass is 752 g/mol. The molecule has 12 aromatic rings. The summed E-state index contributed by atoms with van der Waals surface area (Å²) in [7, 11) is 0. The summed E-state index contributed by atoms with van der Waals surface area (Å²) in [5.41, 5.74) is 13.3. The van der Waals surface area contributed by atoms with Crippen LogP contribution in [0, 0.1) is 0 Å². The molecule has 0 amide bonds. The second-order valence-electron chi connectivity index (χ2n) is 15.4. The first-order valence-electron chi connectivity index (χ1n) is 20.2. The number of anilines is 3. The average Bonchev–Trinajstić information content (AvgIpc) is 3.84. The fraction of sp³-hybridized carbons (Fsp3) is 0. The lowest BCUT2D eigenvalue weighted by molar-refractivity contribution is 0.669. The van der Waals surface area contributed by atoms with Crippen molar-refractivity contribution in [1.29, 1.82) is 0 Å². The molecule has 0 atom stereocenters. The first-order chi connectivity index (χ1) is 29.2. The normalized spacial score (nSPS) is 11.7. The molecule has 3 nitrogen and oxygen atoms in total. The van der Waals surface area contributed by atoms with Crippen LogP contribution in [-0.2, 0) is 0 Å². The maximum atomic E-state index is 6.31. The van der Waals surface area contributed by atoms with E-state index in [4.69, 9.17) is 4.42 Å². The maximum absolute atomic E-state index is 6.31. The molecule has 10 aromatic carbocycles. The third-order valence-corrected chi connectivity index (χ3v) is 11.9. The topological polar surface area (TPSA) is 21.3 Å². The van der Waals surface area contributed by atoms with E-state index in [0.717, 1.165) is 61.0 Å². The van der Waals surface area contributed by atoms with Gasteiger partial charge in [-0.2, -0.15) is 0 Å². The van der Waals surface area contributed by atoms with Crippen LogP contribution in [0.5, 0.6) is 0 Å². The molecule has 2 heterocycles. The van der Waals surface area contributed by atoms with Crippen molar-refractivity contribution in [3.63, 3.8) is 0 Å². The van der Waals surface area contributed by atoms with Gasteiger partial charge in [0.25, 0.3) is 0 Å². The number of hydrogen-bond acceptors (Lipinski definition) is 2. The molecule has 2 aromatic heterocycles. The Morgan fingerprint density at radius 2 is 0.949 bits per heavy atom. The van der Waals surface area contributed by atoms with Crippen molar-refractivity contribution in [1.82, 2.24) is 4.57 Å². The Kier molecular flexibility index (Phi) is 7.54. The van der Waals surface area contributed by atoms with Gasteiger partial charge in [0.1, 0.15) is 11.2 Å². The molecular formula is C56H36N2O. The van der Waals surface area contributed by atoms with E-state index >= 15 is 0 Å². The van der Waals surface area contributed by atoms with E-state index in [0.29, 0.717) is 0 Å². The summed E-state index contributed by atoms with van der Waals surface area (Å²) in [4.78, 5) is 2.45. The first kappa shape index (κ1) is 33.3. The smallest absolute Gasteiger partial charge is 0.136 e. The highest BCUT2D eigenvalue weighted by atomic mass is 16.3. The molecule has 12 rings (SSSR count). The van der Waals surface area contributed by atoms with E-state index in [1.165, 1.54) is 49.3 Å². The third kappa shape index (κ3) is 5.51. The van der Waals surface area contributed by atoms with Gasteiger partial charge in [-0.15, -0.1) is 0 Å². The van der Waals surface area contributed by atoms with Gasteiger partial charge in [0, 0.05) is 38.6 Å². The summed E-state index contributed by atoms with van der Waals surface area (Å²) in [6, 6.07) is 79.0. The summed E-state index contributed by atoms with van der Waals surface area (Å²) < 4.78 is 8.73. The van der Waals surface area contributed by atoms with Gasteiger partial charge in [-0.1, -0.05) is 140 Å². The van der Waals surface area contributed by atoms with Gasteiger partial charge in [-0.25, -0.2) is 0 Å². The largest absolute Gasteiger partial charge is 0.456 e. The van der Waals surface area contributed by atoms with Crippen molar-refractivity contribution < 1.29 is 4.42 Å². The van der Waals surface area contributed by atoms with Crippen LogP contribution in [0.3, 0.4) is 0 Å². The van der Waals surface area contributed by atoms with Gasteiger partial charge in [-0.05, 0) is 123 Å². The lowest BCUT2D eigenvalue weighted by atomic mass is 10.00. The summed E-state index contributed by atoms with van der Waals surface area (Å²) in [5, 5.41) is 9.34. The molecule has 0 aliphatic rings. The number of aromatic nitrogens is 1. The van der Waals surface area contributed by atoms with Crippen LogP contribution in [0.1, 0.15) is 0 Å². The molecule has 0 aliphatic carbocycles. The molecule has 0 fully saturated rings. The molecule has 0 radical (unpaired) electrons. The zero-order chi connectivity index (χ0) is 38.9. The van der Waals surface area contributed by atoms with E-state index in [1.807, 2.05) is 12.1 Å². The standard InChI is InChI=1S/C56H36N2O/c1-3-13-37(14-4-1)40-17-11-18-45(32-40)58-51-21-9-7-20-49(51)56-52(22-12-23-53(56)58)57(46-29-27-39-25-26-41(31-43(39)33-46)38-15-5-2-6-16-38)47-30-28-42-36-55-50(35-44(42)34-47)48-19-8-10-24-54(48)59-55/h1-36H. The lowest BCUT2D eigenvalue weighted by Crippen LogP contribution is -2.10. The fourth-order valence-corrected chi connectivity index (χ4v) is 9.13. The number of para-hydroxylation sites is 2. The first-order valence-corrected chi connectivity index (χ1v) is 20.2. The van der Waals surface area contributed by atoms with Gasteiger partial charge in [-0.3, -0.25) is 0 Å². The molecular weight excluding hydrogens is 717 g/mol. The predicted octanol–water partition coefficient (Wildman–Crippen LogP) is 15.8. The summed E-state index contributed by atoms with van der Waals surface area (Å²) >= 11 is 0. The van der Waals surface area contributed by atoms with Crippen LogP contribution in [0.2, 0.25) is 0 Å². The molecule has 0 saturated carbocycles. The minimum Gasteiger partial charge on any atom is -0.456 e. The highest BCUT2D eigenvalue weighted by Gasteiger charge is 2.22. The van der Waals surface area contributed by atoms with Gasteiger partial charge < -0.3 is 13.9 Å². The predicted molar refractivity (Wildman–Crippen MR) is 249 cm³/mol.